The van der Waals surface area contributed by atoms with Gasteiger partial charge >= 0.3 is 0 Å². The van der Waals surface area contributed by atoms with Crippen LogP contribution in [0, 0.1) is 6.92 Å². The Hall–Kier alpha value is -1.52. The van der Waals surface area contributed by atoms with Crippen LogP contribution < -0.4 is 9.47 Å². The molecular weight excluding hydrogens is 260 g/mol. The SMILES string of the molecule is COc1ccc2c(c1)[C@H](O)CC(c1sccc1C)O2. The van der Waals surface area contributed by atoms with Crippen molar-refractivity contribution < 1.29 is 14.6 Å². The van der Waals surface area contributed by atoms with Crippen molar-refractivity contribution in [2.75, 3.05) is 7.11 Å². The molecular formula is C15H16O3S. The number of hydrogen-bond donors (Lipinski definition) is 1. The Labute approximate surface area is 116 Å². The lowest BCUT2D eigenvalue weighted by atomic mass is 9.97. The fourth-order valence-electron chi connectivity index (χ4n) is 2.43. The number of methoxy groups -OCH3 is 1. The first-order chi connectivity index (χ1) is 9.19. The third-order valence-corrected chi connectivity index (χ3v) is 4.59. The maximum atomic E-state index is 10.3. The zero-order valence-electron chi connectivity index (χ0n) is 10.9. The van der Waals surface area contributed by atoms with E-state index in [0.717, 1.165) is 17.1 Å². The minimum atomic E-state index is -0.509. The van der Waals surface area contributed by atoms with Crippen molar-refractivity contribution in [3.63, 3.8) is 0 Å². The highest BCUT2D eigenvalue weighted by molar-refractivity contribution is 7.10. The number of ether oxygens (including phenoxy) is 2. The first kappa shape index (κ1) is 12.5. The Kier molecular flexibility index (Phi) is 3.21. The molecule has 3 nitrogen and oxygen atoms in total. The van der Waals surface area contributed by atoms with E-state index in [9.17, 15) is 5.11 Å². The molecule has 0 saturated carbocycles. The van der Waals surface area contributed by atoms with E-state index < -0.39 is 6.10 Å². The number of aliphatic hydroxyl groups excluding tert-OH is 1. The predicted octanol–water partition coefficient (Wildman–Crippen LogP) is 3.62. The fraction of sp³-hybridized carbons (Fsp3) is 0.333. The summed E-state index contributed by atoms with van der Waals surface area (Å²) in [5.41, 5.74) is 2.03. The summed E-state index contributed by atoms with van der Waals surface area (Å²) < 4.78 is 11.2. The number of aryl methyl sites for hydroxylation is 1. The van der Waals surface area contributed by atoms with Crippen LogP contribution >= 0.6 is 11.3 Å². The van der Waals surface area contributed by atoms with Gasteiger partial charge in [0, 0.05) is 16.9 Å². The molecule has 1 aromatic heterocycles. The average Bonchev–Trinajstić information content (AvgIpc) is 2.84. The van der Waals surface area contributed by atoms with Gasteiger partial charge in [0.2, 0.25) is 0 Å². The number of hydrogen-bond acceptors (Lipinski definition) is 4. The van der Waals surface area contributed by atoms with Crippen LogP contribution in [0.25, 0.3) is 0 Å². The third-order valence-electron chi connectivity index (χ3n) is 3.48. The van der Waals surface area contributed by atoms with E-state index >= 15 is 0 Å². The number of aliphatic hydroxyl groups is 1. The molecule has 1 aromatic carbocycles. The minimum Gasteiger partial charge on any atom is -0.497 e. The molecule has 0 fully saturated rings. The van der Waals surface area contributed by atoms with Crippen LogP contribution in [-0.2, 0) is 0 Å². The van der Waals surface area contributed by atoms with E-state index in [1.165, 1.54) is 10.4 Å². The van der Waals surface area contributed by atoms with Crippen LogP contribution in [0.2, 0.25) is 0 Å². The van der Waals surface area contributed by atoms with Gasteiger partial charge in [-0.05, 0) is 42.1 Å². The molecule has 2 aromatic rings. The molecule has 0 saturated heterocycles. The van der Waals surface area contributed by atoms with Gasteiger partial charge < -0.3 is 14.6 Å². The van der Waals surface area contributed by atoms with E-state index in [-0.39, 0.29) is 6.10 Å². The van der Waals surface area contributed by atoms with E-state index in [1.807, 2.05) is 18.2 Å². The average molecular weight is 276 g/mol. The molecule has 0 bridgehead atoms. The van der Waals surface area contributed by atoms with Crippen molar-refractivity contribution in [1.29, 1.82) is 0 Å². The molecule has 100 valence electrons. The van der Waals surface area contributed by atoms with Crippen LogP contribution in [0.4, 0.5) is 0 Å². The molecule has 4 heteroatoms. The highest BCUT2D eigenvalue weighted by atomic mass is 32.1. The topological polar surface area (TPSA) is 38.7 Å². The summed E-state index contributed by atoms with van der Waals surface area (Å²) in [4.78, 5) is 1.19. The molecule has 0 radical (unpaired) electrons. The Morgan fingerprint density at radius 2 is 2.21 bits per heavy atom. The summed E-state index contributed by atoms with van der Waals surface area (Å²) in [7, 11) is 1.62. The van der Waals surface area contributed by atoms with Gasteiger partial charge in [-0.1, -0.05) is 0 Å². The van der Waals surface area contributed by atoms with Crippen molar-refractivity contribution in [2.45, 2.75) is 25.6 Å². The lowest BCUT2D eigenvalue weighted by molar-refractivity contribution is 0.0669. The summed E-state index contributed by atoms with van der Waals surface area (Å²) in [6.45, 7) is 2.07. The van der Waals surface area contributed by atoms with Gasteiger partial charge in [-0.3, -0.25) is 0 Å². The van der Waals surface area contributed by atoms with Crippen molar-refractivity contribution in [2.24, 2.45) is 0 Å². The quantitative estimate of drug-likeness (QED) is 0.910. The van der Waals surface area contributed by atoms with Gasteiger partial charge in [0.1, 0.15) is 17.6 Å². The molecule has 1 aliphatic heterocycles. The van der Waals surface area contributed by atoms with Gasteiger partial charge in [-0.2, -0.15) is 0 Å². The molecule has 2 atom stereocenters. The van der Waals surface area contributed by atoms with Gasteiger partial charge in [0.25, 0.3) is 0 Å². The molecule has 1 N–H and O–H groups in total. The minimum absolute atomic E-state index is 0.0594. The predicted molar refractivity (Wildman–Crippen MR) is 75.0 cm³/mol. The van der Waals surface area contributed by atoms with Gasteiger partial charge in [0.15, 0.2) is 0 Å². The normalized spacial score (nSPS) is 21.6. The Morgan fingerprint density at radius 1 is 1.37 bits per heavy atom. The highest BCUT2D eigenvalue weighted by Gasteiger charge is 2.29. The van der Waals surface area contributed by atoms with E-state index in [4.69, 9.17) is 9.47 Å². The molecule has 19 heavy (non-hydrogen) atoms. The fourth-order valence-corrected chi connectivity index (χ4v) is 3.40. The lowest BCUT2D eigenvalue weighted by Gasteiger charge is -2.29. The Morgan fingerprint density at radius 3 is 2.89 bits per heavy atom. The molecule has 1 unspecified atom stereocenters. The van der Waals surface area contributed by atoms with Gasteiger partial charge in [0.05, 0.1) is 13.2 Å². The van der Waals surface area contributed by atoms with Crippen LogP contribution in [0.5, 0.6) is 11.5 Å². The summed E-state index contributed by atoms with van der Waals surface area (Å²) in [5, 5.41) is 12.4. The second-order valence-electron chi connectivity index (χ2n) is 4.73. The van der Waals surface area contributed by atoms with Crippen LogP contribution in [0.15, 0.2) is 29.6 Å². The van der Waals surface area contributed by atoms with Crippen molar-refractivity contribution in [1.82, 2.24) is 0 Å². The maximum absolute atomic E-state index is 10.3. The monoisotopic (exact) mass is 276 g/mol. The van der Waals surface area contributed by atoms with Crippen molar-refractivity contribution in [3.05, 3.63) is 45.6 Å². The standard InChI is InChI=1S/C15H16O3S/c1-9-5-6-19-15(9)14-8-12(16)11-7-10(17-2)3-4-13(11)18-14/h3-7,12,14,16H,8H2,1-2H3/t12-,14?/m1/s1. The Bertz CT molecular complexity index is 591. The molecule has 2 heterocycles. The van der Waals surface area contributed by atoms with E-state index in [2.05, 4.69) is 18.4 Å². The first-order valence-corrected chi connectivity index (χ1v) is 7.13. The number of thiophene rings is 1. The smallest absolute Gasteiger partial charge is 0.136 e. The van der Waals surface area contributed by atoms with Gasteiger partial charge in [-0.25, -0.2) is 0 Å². The van der Waals surface area contributed by atoms with Crippen LogP contribution in [-0.4, -0.2) is 12.2 Å². The summed E-state index contributed by atoms with van der Waals surface area (Å²) in [5.74, 6) is 1.49. The second kappa shape index (κ2) is 4.87. The highest BCUT2D eigenvalue weighted by Crippen LogP contribution is 2.43. The van der Waals surface area contributed by atoms with Gasteiger partial charge in [-0.15, -0.1) is 11.3 Å². The largest absolute Gasteiger partial charge is 0.497 e. The summed E-state index contributed by atoms with van der Waals surface area (Å²) in [6, 6.07) is 7.65. The lowest BCUT2D eigenvalue weighted by Crippen LogP contribution is -2.18. The number of rotatable bonds is 2. The molecule has 0 aliphatic carbocycles. The Balaban J connectivity index is 1.94. The van der Waals surface area contributed by atoms with Crippen LogP contribution in [0.1, 0.15) is 34.6 Å². The van der Waals surface area contributed by atoms with Crippen molar-refractivity contribution >= 4 is 11.3 Å². The van der Waals surface area contributed by atoms with Crippen molar-refractivity contribution in [3.8, 4) is 11.5 Å². The number of benzene rings is 1. The van der Waals surface area contributed by atoms with E-state index in [1.54, 1.807) is 18.4 Å². The van der Waals surface area contributed by atoms with E-state index in [0.29, 0.717) is 6.42 Å². The zero-order valence-corrected chi connectivity index (χ0v) is 11.7. The molecule has 3 rings (SSSR count). The zero-order chi connectivity index (χ0) is 13.4. The third kappa shape index (κ3) is 2.22. The maximum Gasteiger partial charge on any atom is 0.136 e. The summed E-state index contributed by atoms with van der Waals surface area (Å²) >= 11 is 1.68. The molecule has 1 aliphatic rings. The molecule has 0 spiro atoms. The summed E-state index contributed by atoms with van der Waals surface area (Å²) in [6.07, 6.45) is 0.0166. The first-order valence-electron chi connectivity index (χ1n) is 6.25. The molecule has 0 amide bonds. The van der Waals surface area contributed by atoms with Crippen LogP contribution in [0.3, 0.4) is 0 Å². The number of fused-ring (bicyclic) bond motifs is 1. The second-order valence-corrected chi connectivity index (χ2v) is 5.68.